The minimum absolute atomic E-state index is 0.0745. The normalized spacial score (nSPS) is 12.1. The minimum Gasteiger partial charge on any atom is -0.497 e. The molecule has 37 heavy (non-hydrogen) atoms. The number of nitrogen functional groups attached to an aromatic ring is 1. The van der Waals surface area contributed by atoms with Gasteiger partial charge in [-0.25, -0.2) is 0 Å². The average molecular weight is 530 g/mol. The number of nitrogens with one attached hydrogen (secondary N) is 1. The van der Waals surface area contributed by atoms with Crippen LogP contribution in [0.3, 0.4) is 0 Å². The second-order valence-electron chi connectivity index (χ2n) is 8.93. The van der Waals surface area contributed by atoms with Crippen molar-refractivity contribution in [2.45, 2.75) is 45.7 Å². The molecule has 5 N–H and O–H groups in total. The van der Waals surface area contributed by atoms with E-state index in [2.05, 4.69) is 9.69 Å². The molecule has 0 unspecified atom stereocenters. The fourth-order valence-corrected chi connectivity index (χ4v) is 4.30. The predicted octanol–water partition coefficient (Wildman–Crippen LogP) is 3.44. The molecule has 1 atom stereocenters. The number of nitrogens with zero attached hydrogens (tertiary/aromatic N) is 2. The van der Waals surface area contributed by atoms with Crippen molar-refractivity contribution < 1.29 is 28.3 Å². The van der Waals surface area contributed by atoms with Crippen LogP contribution in [0.2, 0.25) is 0 Å². The highest BCUT2D eigenvalue weighted by molar-refractivity contribution is 7.09. The topological polar surface area (TPSA) is 163 Å². The van der Waals surface area contributed by atoms with Gasteiger partial charge in [0.1, 0.15) is 27.9 Å². The Morgan fingerprint density at radius 1 is 1.19 bits per heavy atom. The Morgan fingerprint density at radius 3 is 2.41 bits per heavy atom. The van der Waals surface area contributed by atoms with Crippen LogP contribution in [-0.2, 0) is 4.79 Å². The first kappa shape index (κ1) is 27.5. The Hall–Kier alpha value is -4.06. The van der Waals surface area contributed by atoms with Crippen LogP contribution >= 0.6 is 11.5 Å². The minimum atomic E-state index is -1.29. The van der Waals surface area contributed by atoms with Crippen molar-refractivity contribution in [1.82, 2.24) is 9.69 Å². The predicted molar refractivity (Wildman–Crippen MR) is 140 cm³/mol. The molecular weight excluding hydrogens is 498 g/mol. The van der Waals surface area contributed by atoms with Crippen LogP contribution in [0.25, 0.3) is 0 Å². The molecule has 2 aromatic heterocycles. The Bertz CT molecular complexity index is 1310. The summed E-state index contributed by atoms with van der Waals surface area (Å²) in [6, 6.07) is 6.85. The van der Waals surface area contributed by atoms with E-state index in [9.17, 15) is 14.4 Å². The molecule has 0 fully saturated rings. The summed E-state index contributed by atoms with van der Waals surface area (Å²) in [4.78, 5) is 41.0. The fraction of sp³-hybridized carbons (Fsp3) is 0.360. The number of ether oxygens (including phenoxy) is 2. The number of hydrogen-bond acceptors (Lipinski definition) is 9. The van der Waals surface area contributed by atoms with Crippen molar-refractivity contribution in [2.75, 3.05) is 24.9 Å². The van der Waals surface area contributed by atoms with Crippen LogP contribution in [0.4, 0.5) is 11.4 Å². The number of rotatable bonds is 10. The smallest absolute Gasteiger partial charge is 0.273 e. The highest BCUT2D eigenvalue weighted by Crippen LogP contribution is 2.40. The highest BCUT2D eigenvalue weighted by atomic mass is 32.1. The van der Waals surface area contributed by atoms with Crippen LogP contribution in [0, 0.1) is 6.92 Å². The van der Waals surface area contributed by atoms with E-state index in [0.29, 0.717) is 29.5 Å². The molecule has 1 aromatic carbocycles. The van der Waals surface area contributed by atoms with Gasteiger partial charge < -0.3 is 30.7 Å². The standard InChI is InChI=1S/C25H31N5O6S/c1-7-25(3,4)28-23(32)20(17-10-8-13(2)36-17)30(15-12-14(34-5)9-11-16(15)35-6)24(33)21-18(26)19(22(27)31)29-37-21/h8-12,20H,7,26H2,1-6H3,(H2,27,31)(H,28,32)/t20-/m1/s1. The first-order valence-corrected chi connectivity index (χ1v) is 12.2. The number of carbonyl (C=O) groups excluding carboxylic acids is 3. The number of hydrogen-bond donors (Lipinski definition) is 3. The molecule has 2 heterocycles. The quantitative estimate of drug-likeness (QED) is 0.360. The van der Waals surface area contributed by atoms with Gasteiger partial charge in [-0.2, -0.15) is 4.37 Å². The van der Waals surface area contributed by atoms with E-state index in [1.165, 1.54) is 19.1 Å². The van der Waals surface area contributed by atoms with Gasteiger partial charge in [0.2, 0.25) is 0 Å². The molecule has 0 aliphatic rings. The van der Waals surface area contributed by atoms with Gasteiger partial charge in [-0.05, 0) is 63.0 Å². The molecule has 3 amide bonds. The van der Waals surface area contributed by atoms with Crippen molar-refractivity contribution >= 4 is 40.6 Å². The first-order chi connectivity index (χ1) is 17.4. The molecule has 12 heteroatoms. The van der Waals surface area contributed by atoms with Gasteiger partial charge in [-0.1, -0.05) is 6.92 Å². The molecular formula is C25H31N5O6S. The molecule has 0 saturated heterocycles. The van der Waals surface area contributed by atoms with Crippen molar-refractivity contribution in [2.24, 2.45) is 5.73 Å². The lowest BCUT2D eigenvalue weighted by Crippen LogP contribution is -2.50. The van der Waals surface area contributed by atoms with Crippen molar-refractivity contribution in [3.05, 3.63) is 52.4 Å². The summed E-state index contributed by atoms with van der Waals surface area (Å²) >= 11 is 0.705. The number of furan rings is 1. The van der Waals surface area contributed by atoms with E-state index in [1.54, 1.807) is 37.3 Å². The number of methoxy groups -OCH3 is 2. The second kappa shape index (κ2) is 10.9. The average Bonchev–Trinajstić information content (AvgIpc) is 3.46. The Labute approximate surface area is 218 Å². The molecule has 0 bridgehead atoms. The van der Waals surface area contributed by atoms with Gasteiger partial charge >= 0.3 is 0 Å². The molecule has 11 nitrogen and oxygen atoms in total. The van der Waals surface area contributed by atoms with Crippen LogP contribution in [0.15, 0.2) is 34.7 Å². The Balaban J connectivity index is 2.31. The first-order valence-electron chi connectivity index (χ1n) is 11.4. The number of amides is 3. The summed E-state index contributed by atoms with van der Waals surface area (Å²) in [7, 11) is 2.91. The maximum absolute atomic E-state index is 14.2. The van der Waals surface area contributed by atoms with Crippen LogP contribution < -0.4 is 31.2 Å². The van der Waals surface area contributed by atoms with Gasteiger partial charge in [0.25, 0.3) is 17.7 Å². The zero-order chi connectivity index (χ0) is 27.5. The number of primary amides is 1. The maximum atomic E-state index is 14.2. The monoisotopic (exact) mass is 529 g/mol. The third-order valence-electron chi connectivity index (χ3n) is 5.90. The number of anilines is 2. The Morgan fingerprint density at radius 2 is 1.89 bits per heavy atom. The zero-order valence-electron chi connectivity index (χ0n) is 21.6. The summed E-state index contributed by atoms with van der Waals surface area (Å²) in [5, 5.41) is 2.99. The summed E-state index contributed by atoms with van der Waals surface area (Å²) in [6.07, 6.45) is 0.628. The fourth-order valence-electron chi connectivity index (χ4n) is 3.55. The maximum Gasteiger partial charge on any atom is 0.273 e. The lowest BCUT2D eigenvalue weighted by Gasteiger charge is -2.33. The van der Waals surface area contributed by atoms with E-state index in [0.717, 1.165) is 0 Å². The van der Waals surface area contributed by atoms with E-state index >= 15 is 0 Å². The molecule has 0 saturated carbocycles. The number of benzene rings is 1. The van der Waals surface area contributed by atoms with Crippen LogP contribution in [0.5, 0.6) is 11.5 Å². The van der Waals surface area contributed by atoms with Crippen molar-refractivity contribution in [1.29, 1.82) is 0 Å². The van der Waals surface area contributed by atoms with Gasteiger partial charge in [0.05, 0.1) is 25.6 Å². The summed E-state index contributed by atoms with van der Waals surface area (Å²) in [5.41, 5.74) is 10.7. The van der Waals surface area contributed by atoms with E-state index < -0.39 is 29.3 Å². The second-order valence-corrected chi connectivity index (χ2v) is 9.70. The van der Waals surface area contributed by atoms with E-state index in [4.69, 9.17) is 25.4 Å². The molecule has 0 aliphatic carbocycles. The highest BCUT2D eigenvalue weighted by Gasteiger charge is 2.40. The van der Waals surface area contributed by atoms with Crippen molar-refractivity contribution in [3.63, 3.8) is 0 Å². The largest absolute Gasteiger partial charge is 0.497 e. The number of carbonyl (C=O) groups is 3. The lowest BCUT2D eigenvalue weighted by molar-refractivity contribution is -0.124. The Kier molecular flexibility index (Phi) is 8.12. The third-order valence-corrected chi connectivity index (χ3v) is 6.75. The summed E-state index contributed by atoms with van der Waals surface area (Å²) < 4.78 is 20.8. The van der Waals surface area contributed by atoms with Gasteiger partial charge in [0, 0.05) is 11.6 Å². The van der Waals surface area contributed by atoms with Gasteiger partial charge in [-0.15, -0.1) is 0 Å². The van der Waals surface area contributed by atoms with Gasteiger partial charge in [0.15, 0.2) is 11.7 Å². The van der Waals surface area contributed by atoms with Crippen LogP contribution in [0.1, 0.15) is 64.9 Å². The lowest BCUT2D eigenvalue weighted by atomic mass is 10.00. The summed E-state index contributed by atoms with van der Waals surface area (Å²) in [5.74, 6) is -0.649. The number of aromatic nitrogens is 1. The molecule has 0 spiro atoms. The SMILES string of the molecule is CCC(C)(C)NC(=O)[C@@H](c1ccc(C)o1)N(C(=O)c1snc(C(N)=O)c1N)c1cc(OC)ccc1OC. The van der Waals surface area contributed by atoms with Crippen molar-refractivity contribution in [3.8, 4) is 11.5 Å². The molecule has 0 radical (unpaired) electrons. The van der Waals surface area contributed by atoms with E-state index in [-0.39, 0.29) is 33.5 Å². The molecule has 198 valence electrons. The van der Waals surface area contributed by atoms with Crippen LogP contribution in [-0.4, -0.2) is 41.9 Å². The molecule has 3 rings (SSSR count). The molecule has 3 aromatic rings. The van der Waals surface area contributed by atoms with Gasteiger partial charge in [-0.3, -0.25) is 19.3 Å². The van der Waals surface area contributed by atoms with E-state index in [1.807, 2.05) is 20.8 Å². The summed E-state index contributed by atoms with van der Waals surface area (Å²) in [6.45, 7) is 7.40. The third kappa shape index (κ3) is 5.69. The molecule has 0 aliphatic heterocycles. The zero-order valence-corrected chi connectivity index (χ0v) is 22.4. The number of nitrogens with two attached hydrogens (primary N) is 2. The number of aryl methyl sites for hydroxylation is 1.